The molecule has 2 aromatic rings. The van der Waals surface area contributed by atoms with Gasteiger partial charge in [0.2, 0.25) is 0 Å². The number of benzene rings is 1. The Morgan fingerprint density at radius 3 is 2.24 bits per heavy atom. The number of carbonyl (C=O) groups is 1. The van der Waals surface area contributed by atoms with Crippen LogP contribution in [0, 0.1) is 0 Å². The molecule has 5 rings (SSSR count). The van der Waals surface area contributed by atoms with Crippen LogP contribution in [0.5, 0.6) is 0 Å². The number of nitrogens with one attached hydrogen (secondary N) is 1. The van der Waals surface area contributed by atoms with Crippen molar-refractivity contribution in [2.24, 2.45) is 0 Å². The van der Waals surface area contributed by atoms with Crippen molar-refractivity contribution in [3.63, 3.8) is 0 Å². The lowest BCUT2D eigenvalue weighted by atomic mass is 9.77. The van der Waals surface area contributed by atoms with Crippen LogP contribution in [0.25, 0.3) is 0 Å². The summed E-state index contributed by atoms with van der Waals surface area (Å²) in [6.07, 6.45) is 11.5. The van der Waals surface area contributed by atoms with Gasteiger partial charge in [-0.25, -0.2) is 0 Å². The summed E-state index contributed by atoms with van der Waals surface area (Å²) in [4.78, 5) is 20.1. The molecule has 0 radical (unpaired) electrons. The lowest BCUT2D eigenvalue weighted by Crippen LogP contribution is -2.57. The lowest BCUT2D eigenvalue weighted by molar-refractivity contribution is 0.0258. The number of hydrogen-bond acceptors (Lipinski definition) is 3. The number of aromatic nitrogens is 1. The van der Waals surface area contributed by atoms with E-state index in [2.05, 4.69) is 27.3 Å². The number of nitrogens with zero attached hydrogens (tertiary/aromatic N) is 2. The Morgan fingerprint density at radius 2 is 1.66 bits per heavy atom. The van der Waals surface area contributed by atoms with E-state index in [4.69, 9.17) is 23.2 Å². The van der Waals surface area contributed by atoms with E-state index in [0.717, 1.165) is 18.4 Å². The average molecular weight is 430 g/mol. The summed E-state index contributed by atoms with van der Waals surface area (Å²) >= 11 is 12.6. The minimum absolute atomic E-state index is 0.0290. The van der Waals surface area contributed by atoms with Crippen molar-refractivity contribution in [1.82, 2.24) is 15.2 Å². The lowest BCUT2D eigenvalue weighted by Gasteiger charge is -2.48. The molecule has 3 aliphatic rings. The quantitative estimate of drug-likeness (QED) is 0.690. The second kappa shape index (κ2) is 7.57. The zero-order chi connectivity index (χ0) is 20.0. The Balaban J connectivity index is 1.54. The number of halogens is 2. The van der Waals surface area contributed by atoms with Crippen molar-refractivity contribution < 1.29 is 4.79 Å². The van der Waals surface area contributed by atoms with E-state index < -0.39 is 0 Å². The van der Waals surface area contributed by atoms with Gasteiger partial charge in [0.05, 0.1) is 21.7 Å². The van der Waals surface area contributed by atoms with E-state index in [0.29, 0.717) is 17.6 Å². The van der Waals surface area contributed by atoms with Gasteiger partial charge in [0.1, 0.15) is 0 Å². The molecule has 1 amide bonds. The molecule has 0 spiro atoms. The van der Waals surface area contributed by atoms with Crippen molar-refractivity contribution in [3.05, 3.63) is 63.9 Å². The highest BCUT2D eigenvalue weighted by atomic mass is 35.5. The molecular formula is C23H25Cl2N3O. The highest BCUT2D eigenvalue weighted by Gasteiger charge is 2.58. The van der Waals surface area contributed by atoms with Gasteiger partial charge >= 0.3 is 0 Å². The number of rotatable bonds is 5. The van der Waals surface area contributed by atoms with Gasteiger partial charge in [0, 0.05) is 30.0 Å². The maximum Gasteiger partial charge on any atom is 0.254 e. The van der Waals surface area contributed by atoms with Crippen LogP contribution < -0.4 is 5.32 Å². The summed E-state index contributed by atoms with van der Waals surface area (Å²) in [7, 11) is 0. The summed E-state index contributed by atoms with van der Waals surface area (Å²) < 4.78 is 0. The first-order chi connectivity index (χ1) is 14.1. The molecular weight excluding hydrogens is 405 g/mol. The molecule has 1 aromatic carbocycles. The molecule has 2 aliphatic heterocycles. The van der Waals surface area contributed by atoms with Crippen LogP contribution in [-0.4, -0.2) is 33.4 Å². The van der Waals surface area contributed by atoms with E-state index in [-0.39, 0.29) is 27.5 Å². The molecule has 1 atom stereocenters. The van der Waals surface area contributed by atoms with Crippen LogP contribution in [0.15, 0.2) is 42.7 Å². The number of pyridine rings is 1. The van der Waals surface area contributed by atoms with Crippen LogP contribution >= 0.6 is 23.2 Å². The smallest absolute Gasteiger partial charge is 0.254 e. The van der Waals surface area contributed by atoms with Crippen molar-refractivity contribution in [3.8, 4) is 0 Å². The number of amides is 1. The van der Waals surface area contributed by atoms with Crippen LogP contribution in [0.3, 0.4) is 0 Å². The third-order valence-corrected chi connectivity index (χ3v) is 7.80. The number of carbonyl (C=O) groups excluding carboxylic acids is 1. The molecule has 2 bridgehead atoms. The summed E-state index contributed by atoms with van der Waals surface area (Å²) in [5, 5.41) is 3.91. The van der Waals surface area contributed by atoms with E-state index >= 15 is 0 Å². The Labute approximate surface area is 181 Å². The molecule has 3 heterocycles. The van der Waals surface area contributed by atoms with Gasteiger partial charge in [-0.2, -0.15) is 0 Å². The Morgan fingerprint density at radius 1 is 1.03 bits per heavy atom. The van der Waals surface area contributed by atoms with Gasteiger partial charge in [-0.05, 0) is 44.1 Å². The van der Waals surface area contributed by atoms with Gasteiger partial charge in [-0.1, -0.05) is 60.0 Å². The van der Waals surface area contributed by atoms with Crippen molar-refractivity contribution in [2.45, 2.75) is 68.6 Å². The van der Waals surface area contributed by atoms with E-state index in [1.165, 1.54) is 44.5 Å². The van der Waals surface area contributed by atoms with Gasteiger partial charge in [-0.3, -0.25) is 14.7 Å². The first kappa shape index (κ1) is 19.3. The zero-order valence-electron chi connectivity index (χ0n) is 16.3. The van der Waals surface area contributed by atoms with Crippen LogP contribution in [0.4, 0.5) is 0 Å². The average Bonchev–Trinajstić information content (AvgIpc) is 3.21. The first-order valence-corrected chi connectivity index (χ1v) is 11.3. The van der Waals surface area contributed by atoms with Crippen molar-refractivity contribution in [1.29, 1.82) is 0 Å². The molecule has 1 saturated carbocycles. The molecule has 29 heavy (non-hydrogen) atoms. The normalized spacial score (nSPS) is 27.6. The van der Waals surface area contributed by atoms with Crippen LogP contribution in [0.2, 0.25) is 10.0 Å². The Kier molecular flexibility index (Phi) is 5.05. The van der Waals surface area contributed by atoms with Crippen LogP contribution in [-0.2, 0) is 0 Å². The molecule has 3 fully saturated rings. The summed E-state index contributed by atoms with van der Waals surface area (Å²) in [6, 6.07) is 11.6. The predicted molar refractivity (Wildman–Crippen MR) is 115 cm³/mol. The van der Waals surface area contributed by atoms with Crippen molar-refractivity contribution in [2.75, 3.05) is 0 Å². The zero-order valence-corrected chi connectivity index (χ0v) is 17.8. The predicted octanol–water partition coefficient (Wildman–Crippen LogP) is 5.41. The van der Waals surface area contributed by atoms with E-state index in [9.17, 15) is 4.79 Å². The molecule has 6 heteroatoms. The largest absolute Gasteiger partial charge is 0.343 e. The highest BCUT2D eigenvalue weighted by Crippen LogP contribution is 2.55. The molecule has 152 valence electrons. The molecule has 2 saturated heterocycles. The van der Waals surface area contributed by atoms with Crippen molar-refractivity contribution >= 4 is 29.1 Å². The standard InChI is InChI=1S/C23H25Cl2N3O/c24-18-13-26-14-19(25)20(18)22(29)27-21(15-5-2-1-3-6-15)23-11-9-17(10-12-23)28(23)16-7-4-8-16/h1-3,5-6,13-14,16-17,21H,4,7-12H2,(H,27,29). The minimum atomic E-state index is -0.227. The van der Waals surface area contributed by atoms with Gasteiger partial charge in [0.25, 0.3) is 5.91 Å². The van der Waals surface area contributed by atoms with E-state index in [1.807, 2.05) is 18.2 Å². The molecule has 1 aliphatic carbocycles. The number of hydrogen-bond donors (Lipinski definition) is 1. The fraction of sp³-hybridized carbons (Fsp3) is 0.478. The summed E-state index contributed by atoms with van der Waals surface area (Å²) in [5.41, 5.74) is 1.43. The molecule has 1 N–H and O–H groups in total. The Hall–Kier alpha value is -1.62. The second-order valence-corrected chi connectivity index (χ2v) is 9.44. The van der Waals surface area contributed by atoms with Gasteiger partial charge in [-0.15, -0.1) is 0 Å². The third-order valence-electron chi connectivity index (χ3n) is 7.22. The van der Waals surface area contributed by atoms with Gasteiger partial charge < -0.3 is 5.32 Å². The minimum Gasteiger partial charge on any atom is -0.343 e. The van der Waals surface area contributed by atoms with Gasteiger partial charge in [0.15, 0.2) is 0 Å². The molecule has 4 nitrogen and oxygen atoms in total. The summed E-state index contributed by atoms with van der Waals surface area (Å²) in [5.74, 6) is -0.227. The Bertz CT molecular complexity index is 887. The summed E-state index contributed by atoms with van der Waals surface area (Å²) in [6.45, 7) is 0. The fourth-order valence-electron chi connectivity index (χ4n) is 5.77. The molecule has 1 unspecified atom stereocenters. The number of fused-ring (bicyclic) bond motifs is 2. The maximum atomic E-state index is 13.3. The third kappa shape index (κ3) is 3.17. The fourth-order valence-corrected chi connectivity index (χ4v) is 6.31. The second-order valence-electron chi connectivity index (χ2n) is 8.62. The van der Waals surface area contributed by atoms with E-state index in [1.54, 1.807) is 0 Å². The monoisotopic (exact) mass is 429 g/mol. The first-order valence-electron chi connectivity index (χ1n) is 10.5. The maximum absolute atomic E-state index is 13.3. The topological polar surface area (TPSA) is 45.2 Å². The van der Waals surface area contributed by atoms with Crippen LogP contribution in [0.1, 0.15) is 66.9 Å². The highest BCUT2D eigenvalue weighted by molar-refractivity contribution is 6.39. The molecule has 1 aromatic heterocycles. The SMILES string of the molecule is O=C(NC(c1ccccc1)C12CCC(CC1)N2C1CCC1)c1c(Cl)cncc1Cl.